The van der Waals surface area contributed by atoms with Crippen LogP contribution in [-0.2, 0) is 14.3 Å². The number of esters is 1. The molecule has 1 saturated heterocycles. The average Bonchev–Trinajstić information content (AvgIpc) is 2.90. The normalized spacial score (nSPS) is 18.2. The average molecular weight is 269 g/mol. The Hall–Kier alpha value is -1.52. The Balaban J connectivity index is 2.39. The number of rotatable bonds is 7. The van der Waals surface area contributed by atoms with Crippen LogP contribution in [0.25, 0.3) is 0 Å². The molecule has 19 heavy (non-hydrogen) atoms. The van der Waals surface area contributed by atoms with Gasteiger partial charge in [0, 0.05) is 6.54 Å². The summed E-state index contributed by atoms with van der Waals surface area (Å²) in [7, 11) is 0. The molecule has 0 radical (unpaired) electrons. The minimum absolute atomic E-state index is 0.160. The summed E-state index contributed by atoms with van der Waals surface area (Å²) in [5.41, 5.74) is 0. The van der Waals surface area contributed by atoms with E-state index in [0.29, 0.717) is 19.6 Å². The van der Waals surface area contributed by atoms with Crippen molar-refractivity contribution in [3.8, 4) is 0 Å². The van der Waals surface area contributed by atoms with Crippen molar-refractivity contribution in [2.75, 3.05) is 19.8 Å². The lowest BCUT2D eigenvalue weighted by Crippen LogP contribution is -2.41. The van der Waals surface area contributed by atoms with E-state index in [4.69, 9.17) is 9.47 Å². The molecule has 1 aliphatic heterocycles. The first-order valence-electron chi connectivity index (χ1n) is 6.91. The van der Waals surface area contributed by atoms with Crippen molar-refractivity contribution in [2.45, 2.75) is 45.1 Å². The number of amides is 1. The fourth-order valence-corrected chi connectivity index (χ4v) is 2.06. The molecule has 1 heterocycles. The molecule has 1 atom stereocenters. The van der Waals surface area contributed by atoms with Crippen molar-refractivity contribution in [3.05, 3.63) is 12.7 Å². The summed E-state index contributed by atoms with van der Waals surface area (Å²) in [5.74, 6) is -0.316. The van der Waals surface area contributed by atoms with Crippen molar-refractivity contribution in [3.63, 3.8) is 0 Å². The number of hydrogen-bond acceptors (Lipinski definition) is 4. The Kier molecular flexibility index (Phi) is 7.00. The molecule has 0 aromatic carbocycles. The van der Waals surface area contributed by atoms with E-state index in [9.17, 15) is 9.59 Å². The van der Waals surface area contributed by atoms with Crippen LogP contribution in [0.3, 0.4) is 0 Å². The second-order valence-corrected chi connectivity index (χ2v) is 4.59. The first-order valence-corrected chi connectivity index (χ1v) is 6.91. The largest absolute Gasteiger partial charge is 0.464 e. The van der Waals surface area contributed by atoms with Crippen LogP contribution in [0.15, 0.2) is 12.7 Å². The second-order valence-electron chi connectivity index (χ2n) is 4.59. The van der Waals surface area contributed by atoms with Crippen molar-refractivity contribution in [2.24, 2.45) is 0 Å². The molecule has 1 rings (SSSR count). The van der Waals surface area contributed by atoms with Gasteiger partial charge in [-0.1, -0.05) is 32.4 Å². The van der Waals surface area contributed by atoms with Crippen molar-refractivity contribution >= 4 is 12.1 Å². The van der Waals surface area contributed by atoms with Gasteiger partial charge in [-0.3, -0.25) is 4.90 Å². The van der Waals surface area contributed by atoms with E-state index in [1.807, 2.05) is 0 Å². The van der Waals surface area contributed by atoms with Crippen LogP contribution in [0.1, 0.15) is 39.0 Å². The molecule has 1 aliphatic rings. The Morgan fingerprint density at radius 2 is 2.16 bits per heavy atom. The molecule has 0 aromatic heterocycles. The van der Waals surface area contributed by atoms with Gasteiger partial charge >= 0.3 is 12.1 Å². The fourth-order valence-electron chi connectivity index (χ4n) is 2.06. The minimum Gasteiger partial charge on any atom is -0.464 e. The molecular formula is C14H23NO4. The van der Waals surface area contributed by atoms with E-state index in [1.54, 1.807) is 0 Å². The summed E-state index contributed by atoms with van der Waals surface area (Å²) >= 11 is 0. The molecule has 1 amide bonds. The monoisotopic (exact) mass is 269 g/mol. The first kappa shape index (κ1) is 15.5. The Bertz CT molecular complexity index is 317. The molecule has 0 saturated carbocycles. The highest BCUT2D eigenvalue weighted by atomic mass is 16.6. The molecule has 1 fully saturated rings. The second kappa shape index (κ2) is 8.56. The quantitative estimate of drug-likeness (QED) is 0.405. The zero-order valence-electron chi connectivity index (χ0n) is 11.6. The smallest absolute Gasteiger partial charge is 0.410 e. The predicted octanol–water partition coefficient (Wildman–Crippen LogP) is 2.51. The maximum Gasteiger partial charge on any atom is 0.410 e. The summed E-state index contributed by atoms with van der Waals surface area (Å²) in [6.45, 7) is 6.71. The third kappa shape index (κ3) is 4.93. The summed E-state index contributed by atoms with van der Waals surface area (Å²) in [5, 5.41) is 0. The molecule has 0 aliphatic carbocycles. The van der Waals surface area contributed by atoms with Crippen molar-refractivity contribution in [1.29, 1.82) is 0 Å². The van der Waals surface area contributed by atoms with Gasteiger partial charge in [-0.05, 0) is 19.3 Å². The van der Waals surface area contributed by atoms with Gasteiger partial charge in [-0.15, -0.1) is 0 Å². The molecular weight excluding hydrogens is 246 g/mol. The molecule has 0 N–H and O–H groups in total. The van der Waals surface area contributed by atoms with Gasteiger partial charge in [-0.2, -0.15) is 0 Å². The van der Waals surface area contributed by atoms with Crippen molar-refractivity contribution < 1.29 is 19.1 Å². The Morgan fingerprint density at radius 1 is 1.37 bits per heavy atom. The molecule has 5 heteroatoms. The molecule has 0 aromatic rings. The van der Waals surface area contributed by atoms with Crippen LogP contribution >= 0.6 is 0 Å². The van der Waals surface area contributed by atoms with E-state index < -0.39 is 12.1 Å². The summed E-state index contributed by atoms with van der Waals surface area (Å²) < 4.78 is 10.2. The maximum absolute atomic E-state index is 11.9. The maximum atomic E-state index is 11.9. The Labute approximate surface area is 114 Å². The molecule has 5 nitrogen and oxygen atoms in total. The summed E-state index contributed by atoms with van der Waals surface area (Å²) in [4.78, 5) is 25.1. The van der Waals surface area contributed by atoms with Crippen LogP contribution in [0.2, 0.25) is 0 Å². The fraction of sp³-hybridized carbons (Fsp3) is 0.714. The highest BCUT2D eigenvalue weighted by molar-refractivity contribution is 5.82. The van der Waals surface area contributed by atoms with E-state index in [2.05, 4.69) is 13.5 Å². The van der Waals surface area contributed by atoms with Gasteiger partial charge in [0.2, 0.25) is 0 Å². The number of carbonyl (C=O) groups is 2. The number of unbranched alkanes of at least 4 members (excludes halogenated alkanes) is 2. The molecule has 0 bridgehead atoms. The van der Waals surface area contributed by atoms with Crippen LogP contribution < -0.4 is 0 Å². The van der Waals surface area contributed by atoms with Crippen LogP contribution in [0, 0.1) is 0 Å². The van der Waals surface area contributed by atoms with Crippen molar-refractivity contribution in [1.82, 2.24) is 4.90 Å². The zero-order chi connectivity index (χ0) is 14.1. The van der Waals surface area contributed by atoms with Crippen LogP contribution in [-0.4, -0.2) is 42.8 Å². The third-order valence-corrected chi connectivity index (χ3v) is 3.08. The molecule has 108 valence electrons. The van der Waals surface area contributed by atoms with Gasteiger partial charge in [0.05, 0.1) is 6.61 Å². The lowest BCUT2D eigenvalue weighted by atomic mass is 10.2. The number of likely N-dealkylation sites (tertiary alicyclic amines) is 1. The van der Waals surface area contributed by atoms with E-state index in [1.165, 1.54) is 11.0 Å². The van der Waals surface area contributed by atoms with Gasteiger partial charge < -0.3 is 9.47 Å². The predicted molar refractivity (Wildman–Crippen MR) is 71.8 cm³/mol. The third-order valence-electron chi connectivity index (χ3n) is 3.08. The van der Waals surface area contributed by atoms with Gasteiger partial charge in [0.1, 0.15) is 12.6 Å². The van der Waals surface area contributed by atoms with Crippen LogP contribution in [0.5, 0.6) is 0 Å². The lowest BCUT2D eigenvalue weighted by molar-refractivity contribution is -0.148. The SMILES string of the molecule is C=CCOC(=O)N1CCCC1C(=O)OCCCCC. The number of ether oxygens (including phenoxy) is 2. The van der Waals surface area contributed by atoms with E-state index >= 15 is 0 Å². The topological polar surface area (TPSA) is 55.8 Å². The molecule has 1 unspecified atom stereocenters. The number of hydrogen-bond donors (Lipinski definition) is 0. The van der Waals surface area contributed by atoms with E-state index in [-0.39, 0.29) is 12.6 Å². The summed E-state index contributed by atoms with van der Waals surface area (Å²) in [6.07, 6.45) is 5.49. The first-order chi connectivity index (χ1) is 9.20. The lowest BCUT2D eigenvalue weighted by Gasteiger charge is -2.22. The highest BCUT2D eigenvalue weighted by Gasteiger charge is 2.36. The van der Waals surface area contributed by atoms with Gasteiger partial charge in [0.15, 0.2) is 0 Å². The number of carbonyl (C=O) groups excluding carboxylic acids is 2. The van der Waals surface area contributed by atoms with Gasteiger partial charge in [0.25, 0.3) is 0 Å². The molecule has 0 spiro atoms. The van der Waals surface area contributed by atoms with Gasteiger partial charge in [-0.25, -0.2) is 9.59 Å². The zero-order valence-corrected chi connectivity index (χ0v) is 11.6. The summed E-state index contributed by atoms with van der Waals surface area (Å²) in [6, 6.07) is -0.487. The standard InChI is InChI=1S/C14H23NO4/c1-3-5-6-11-18-13(16)12-8-7-9-15(12)14(17)19-10-4-2/h4,12H,2-3,5-11H2,1H3. The highest BCUT2D eigenvalue weighted by Crippen LogP contribution is 2.19. The Morgan fingerprint density at radius 3 is 2.84 bits per heavy atom. The van der Waals surface area contributed by atoms with Crippen LogP contribution in [0.4, 0.5) is 4.79 Å². The van der Waals surface area contributed by atoms with E-state index in [0.717, 1.165) is 25.7 Å². The minimum atomic E-state index is -0.487. The number of nitrogens with zero attached hydrogens (tertiary/aromatic N) is 1.